The fourth-order valence-electron chi connectivity index (χ4n) is 6.52. The van der Waals surface area contributed by atoms with Gasteiger partial charge in [-0.05, 0) is 45.2 Å². The Hall–Kier alpha value is -0.240. The standard InChI is InChI=1S/C38H82N4O2/c1-3-5-7-9-11-13-15-17-19-21-23-25-29-41(35-37(43)33-39)31-27-28-32-42(36-38(44)34-40)30-26-24-22-20-18-16-14-12-10-8-6-4-2/h37-38,43-44H,3-36,39-40H2,1-2H3/p+1. The zero-order valence-corrected chi connectivity index (χ0v) is 30.2. The van der Waals surface area contributed by atoms with Gasteiger partial charge in [-0.15, -0.1) is 0 Å². The fourth-order valence-corrected chi connectivity index (χ4v) is 6.52. The van der Waals surface area contributed by atoms with Crippen molar-refractivity contribution < 1.29 is 15.1 Å². The van der Waals surface area contributed by atoms with Crippen molar-refractivity contribution in [3.8, 4) is 0 Å². The van der Waals surface area contributed by atoms with Gasteiger partial charge in [-0.3, -0.25) is 0 Å². The minimum Gasteiger partial charge on any atom is -0.390 e. The molecule has 3 atom stereocenters. The highest BCUT2D eigenvalue weighted by Gasteiger charge is 2.15. The van der Waals surface area contributed by atoms with Crippen molar-refractivity contribution in [3.63, 3.8) is 0 Å². The van der Waals surface area contributed by atoms with Crippen molar-refractivity contribution in [2.45, 2.75) is 193 Å². The van der Waals surface area contributed by atoms with Crippen LogP contribution in [0.4, 0.5) is 0 Å². The van der Waals surface area contributed by atoms with Gasteiger partial charge in [0.25, 0.3) is 0 Å². The Balaban J connectivity index is 4.11. The lowest BCUT2D eigenvalue weighted by molar-refractivity contribution is -0.903. The number of aliphatic hydroxyl groups is 2. The molecule has 0 heterocycles. The van der Waals surface area contributed by atoms with Gasteiger partial charge >= 0.3 is 0 Å². The number of nitrogens with one attached hydrogen (secondary N) is 1. The van der Waals surface area contributed by atoms with Gasteiger partial charge in [0.1, 0.15) is 12.6 Å². The molecule has 0 saturated heterocycles. The minimum absolute atomic E-state index is 0.336. The molecule has 3 unspecified atom stereocenters. The van der Waals surface area contributed by atoms with E-state index in [0.717, 1.165) is 45.6 Å². The first-order valence-corrected chi connectivity index (χ1v) is 19.9. The van der Waals surface area contributed by atoms with Crippen LogP contribution in [0.25, 0.3) is 0 Å². The monoisotopic (exact) mass is 628 g/mol. The number of aliphatic hydroxyl groups excluding tert-OH is 2. The van der Waals surface area contributed by atoms with E-state index in [1.54, 1.807) is 0 Å². The van der Waals surface area contributed by atoms with Crippen LogP contribution in [0.15, 0.2) is 0 Å². The van der Waals surface area contributed by atoms with Crippen LogP contribution in [-0.2, 0) is 0 Å². The van der Waals surface area contributed by atoms with E-state index in [9.17, 15) is 10.2 Å². The third kappa shape index (κ3) is 31.7. The summed E-state index contributed by atoms with van der Waals surface area (Å²) in [6.07, 6.45) is 34.4. The van der Waals surface area contributed by atoms with E-state index in [4.69, 9.17) is 11.5 Å². The lowest BCUT2D eigenvalue weighted by atomic mass is 10.1. The third-order valence-corrected chi connectivity index (χ3v) is 9.50. The zero-order valence-electron chi connectivity index (χ0n) is 30.2. The van der Waals surface area contributed by atoms with Gasteiger partial charge in [0.15, 0.2) is 0 Å². The van der Waals surface area contributed by atoms with E-state index >= 15 is 0 Å². The maximum absolute atomic E-state index is 10.2. The highest BCUT2D eigenvalue weighted by atomic mass is 16.3. The molecule has 7 N–H and O–H groups in total. The highest BCUT2D eigenvalue weighted by molar-refractivity contribution is 4.66. The van der Waals surface area contributed by atoms with Crippen molar-refractivity contribution in [2.75, 3.05) is 52.4 Å². The SMILES string of the molecule is CCCCCCCCCCCCCCN(CCCC[NH+](CCCCCCCCCCCCCC)CC(O)CN)CC(O)CN. The summed E-state index contributed by atoms with van der Waals surface area (Å²) in [5, 5.41) is 20.5. The Kier molecular flexibility index (Phi) is 35.4. The molecule has 6 nitrogen and oxygen atoms in total. The summed E-state index contributed by atoms with van der Waals surface area (Å²) < 4.78 is 0. The van der Waals surface area contributed by atoms with Gasteiger partial charge in [0.2, 0.25) is 0 Å². The first-order valence-electron chi connectivity index (χ1n) is 19.9. The smallest absolute Gasteiger partial charge is 0.115 e. The average molecular weight is 628 g/mol. The van der Waals surface area contributed by atoms with Gasteiger partial charge in [0, 0.05) is 19.6 Å². The summed E-state index contributed by atoms with van der Waals surface area (Å²) in [7, 11) is 0. The quantitative estimate of drug-likeness (QED) is 0.0478. The van der Waals surface area contributed by atoms with Crippen molar-refractivity contribution in [2.24, 2.45) is 11.5 Å². The normalized spacial score (nSPS) is 14.0. The largest absolute Gasteiger partial charge is 0.390 e. The minimum atomic E-state index is -0.431. The summed E-state index contributed by atoms with van der Waals surface area (Å²) >= 11 is 0. The second-order valence-corrected chi connectivity index (χ2v) is 14.0. The maximum atomic E-state index is 10.2. The Labute approximate surface area is 276 Å². The molecular weight excluding hydrogens is 544 g/mol. The average Bonchev–Trinajstić information content (AvgIpc) is 3.03. The van der Waals surface area contributed by atoms with Crippen molar-refractivity contribution >= 4 is 0 Å². The molecule has 44 heavy (non-hydrogen) atoms. The molecule has 0 aromatic rings. The fraction of sp³-hybridized carbons (Fsp3) is 1.00. The first kappa shape index (κ1) is 43.8. The topological polar surface area (TPSA) is 100 Å². The number of nitrogens with zero attached hydrogens (tertiary/aromatic N) is 1. The van der Waals surface area contributed by atoms with Crippen LogP contribution in [0.3, 0.4) is 0 Å². The summed E-state index contributed by atoms with van der Waals surface area (Å²) in [5.41, 5.74) is 11.5. The molecule has 0 fully saturated rings. The molecule has 266 valence electrons. The molecule has 0 aliphatic carbocycles. The molecule has 0 aliphatic rings. The van der Waals surface area contributed by atoms with Crippen LogP contribution in [-0.4, -0.2) is 79.7 Å². The van der Waals surface area contributed by atoms with E-state index < -0.39 is 12.2 Å². The number of hydrogen-bond donors (Lipinski definition) is 5. The lowest BCUT2D eigenvalue weighted by Crippen LogP contribution is -3.13. The molecule has 0 spiro atoms. The van der Waals surface area contributed by atoms with E-state index in [1.165, 1.54) is 159 Å². The summed E-state index contributed by atoms with van der Waals surface area (Å²) in [5.74, 6) is 0. The summed E-state index contributed by atoms with van der Waals surface area (Å²) in [6.45, 7) is 11.1. The Bertz CT molecular complexity index is 493. The molecule has 0 aromatic heterocycles. The number of rotatable bonds is 37. The lowest BCUT2D eigenvalue weighted by Gasteiger charge is -2.26. The zero-order chi connectivity index (χ0) is 32.4. The number of nitrogens with two attached hydrogens (primary N) is 2. The molecule has 0 aliphatic heterocycles. The molecule has 0 rings (SSSR count). The van der Waals surface area contributed by atoms with Gasteiger partial charge in [-0.2, -0.15) is 0 Å². The van der Waals surface area contributed by atoms with Crippen molar-refractivity contribution in [3.05, 3.63) is 0 Å². The third-order valence-electron chi connectivity index (χ3n) is 9.50. The molecule has 0 radical (unpaired) electrons. The predicted octanol–water partition coefficient (Wildman–Crippen LogP) is 6.99. The second kappa shape index (κ2) is 35.6. The number of quaternary nitrogens is 1. The van der Waals surface area contributed by atoms with Crippen LogP contribution < -0.4 is 16.4 Å². The van der Waals surface area contributed by atoms with Gasteiger partial charge in [0.05, 0.1) is 19.2 Å². The Morgan fingerprint density at radius 1 is 0.455 bits per heavy atom. The van der Waals surface area contributed by atoms with E-state index in [-0.39, 0.29) is 0 Å². The van der Waals surface area contributed by atoms with Crippen molar-refractivity contribution in [1.29, 1.82) is 0 Å². The summed E-state index contributed by atoms with van der Waals surface area (Å²) in [6, 6.07) is 0. The second-order valence-electron chi connectivity index (χ2n) is 14.0. The Morgan fingerprint density at radius 3 is 1.16 bits per heavy atom. The van der Waals surface area contributed by atoms with Crippen LogP contribution in [0.2, 0.25) is 0 Å². The van der Waals surface area contributed by atoms with Crippen LogP contribution in [0, 0.1) is 0 Å². The van der Waals surface area contributed by atoms with Gasteiger partial charge in [-0.1, -0.05) is 149 Å². The van der Waals surface area contributed by atoms with E-state index in [0.29, 0.717) is 19.6 Å². The molecule has 0 aromatic carbocycles. The van der Waals surface area contributed by atoms with Crippen LogP contribution in [0.5, 0.6) is 0 Å². The Morgan fingerprint density at radius 2 is 0.773 bits per heavy atom. The number of hydrogen-bond acceptors (Lipinski definition) is 5. The molecule has 0 bridgehead atoms. The first-order chi connectivity index (χ1) is 21.6. The van der Waals surface area contributed by atoms with Crippen LogP contribution >= 0.6 is 0 Å². The van der Waals surface area contributed by atoms with E-state index in [1.807, 2.05) is 0 Å². The number of unbranched alkanes of at least 4 members (excludes halogenated alkanes) is 23. The van der Waals surface area contributed by atoms with Gasteiger partial charge < -0.3 is 31.5 Å². The van der Waals surface area contributed by atoms with Crippen LogP contribution in [0.1, 0.15) is 181 Å². The van der Waals surface area contributed by atoms with Gasteiger partial charge in [-0.25, -0.2) is 0 Å². The summed E-state index contributed by atoms with van der Waals surface area (Å²) in [4.78, 5) is 3.94. The highest BCUT2D eigenvalue weighted by Crippen LogP contribution is 2.13. The molecule has 6 heteroatoms. The maximum Gasteiger partial charge on any atom is 0.115 e. The predicted molar refractivity (Wildman–Crippen MR) is 194 cm³/mol. The van der Waals surface area contributed by atoms with E-state index in [2.05, 4.69) is 18.7 Å². The molecular formula is C38H83N4O2+. The molecule has 0 amide bonds. The van der Waals surface area contributed by atoms with Crippen molar-refractivity contribution in [1.82, 2.24) is 4.90 Å². The molecule has 0 saturated carbocycles.